The monoisotopic (exact) mass is 567 g/mol. The summed E-state index contributed by atoms with van der Waals surface area (Å²) < 4.78 is 1.17. The molecule has 39 heavy (non-hydrogen) atoms. The van der Waals surface area contributed by atoms with E-state index in [1.807, 2.05) is 11.8 Å². The Bertz CT molecular complexity index is 1620. The summed E-state index contributed by atoms with van der Waals surface area (Å²) in [7, 11) is 0. The van der Waals surface area contributed by atoms with Crippen molar-refractivity contribution >= 4 is 52.2 Å². The Morgan fingerprint density at radius 2 is 1.97 bits per heavy atom. The summed E-state index contributed by atoms with van der Waals surface area (Å²) in [5.41, 5.74) is 4.80. The number of nitrogens with two attached hydrogens (primary N) is 1. The number of aromatic hydroxyl groups is 1. The highest BCUT2D eigenvalue weighted by atomic mass is 35.5. The van der Waals surface area contributed by atoms with Gasteiger partial charge in [-0.3, -0.25) is 14.0 Å². The van der Waals surface area contributed by atoms with Crippen LogP contribution >= 0.6 is 23.4 Å². The van der Waals surface area contributed by atoms with Gasteiger partial charge in [0.15, 0.2) is 11.4 Å². The second-order valence-corrected chi connectivity index (χ2v) is 10.6. The highest BCUT2D eigenvalue weighted by molar-refractivity contribution is 7.99. The number of amides is 1. The van der Waals surface area contributed by atoms with Crippen LogP contribution in [-0.4, -0.2) is 54.2 Å². The first-order valence-corrected chi connectivity index (χ1v) is 13.5. The van der Waals surface area contributed by atoms with E-state index in [2.05, 4.69) is 20.3 Å². The van der Waals surface area contributed by atoms with Crippen molar-refractivity contribution in [2.75, 3.05) is 29.0 Å². The highest BCUT2D eigenvalue weighted by Crippen LogP contribution is 2.39. The van der Waals surface area contributed by atoms with Crippen molar-refractivity contribution in [3.8, 4) is 5.88 Å². The van der Waals surface area contributed by atoms with Gasteiger partial charge in [0.2, 0.25) is 5.88 Å². The molecule has 1 aromatic carbocycles. The fraction of sp³-hybridized carbons (Fsp3) is 0.269. The number of piperidine rings is 1. The van der Waals surface area contributed by atoms with Gasteiger partial charge in [0, 0.05) is 24.2 Å². The van der Waals surface area contributed by atoms with E-state index in [0.29, 0.717) is 48.1 Å². The van der Waals surface area contributed by atoms with Gasteiger partial charge in [0.05, 0.1) is 22.5 Å². The number of nitrogens with zero attached hydrogens (tertiary/aromatic N) is 5. The first kappa shape index (κ1) is 26.7. The van der Waals surface area contributed by atoms with Gasteiger partial charge in [-0.25, -0.2) is 9.97 Å². The van der Waals surface area contributed by atoms with Crippen LogP contribution in [0.4, 0.5) is 17.3 Å². The number of benzene rings is 1. The molecule has 5 rings (SSSR count). The molecule has 0 bridgehead atoms. The summed E-state index contributed by atoms with van der Waals surface area (Å²) in [6.07, 6.45) is 5.10. The van der Waals surface area contributed by atoms with Gasteiger partial charge in [-0.15, -0.1) is 0 Å². The summed E-state index contributed by atoms with van der Waals surface area (Å²) in [6.45, 7) is 3.30. The van der Waals surface area contributed by atoms with Gasteiger partial charge >= 0.3 is 0 Å². The molecular weight excluding hydrogens is 542 g/mol. The molecule has 13 heteroatoms. The average Bonchev–Trinajstić information content (AvgIpc) is 2.92. The summed E-state index contributed by atoms with van der Waals surface area (Å²) in [6, 6.07) is 9.80. The van der Waals surface area contributed by atoms with Crippen LogP contribution < -0.4 is 21.5 Å². The lowest BCUT2D eigenvalue weighted by Gasteiger charge is -2.38. The minimum atomic E-state index is -0.854. The normalized spacial score (nSPS) is 14.9. The van der Waals surface area contributed by atoms with Crippen LogP contribution in [0.25, 0.3) is 5.65 Å². The second kappa shape index (κ2) is 10.7. The van der Waals surface area contributed by atoms with Crippen LogP contribution in [-0.2, 0) is 0 Å². The van der Waals surface area contributed by atoms with Crippen LogP contribution in [0, 0.1) is 0 Å². The predicted octanol–water partition coefficient (Wildman–Crippen LogP) is 3.57. The summed E-state index contributed by atoms with van der Waals surface area (Å²) in [5.74, 6) is -0.675. The number of pyridine rings is 1. The van der Waals surface area contributed by atoms with Gasteiger partial charge in [-0.2, -0.15) is 4.98 Å². The molecule has 4 aromatic rings. The van der Waals surface area contributed by atoms with Crippen LogP contribution in [0.1, 0.15) is 36.5 Å². The van der Waals surface area contributed by atoms with Crippen molar-refractivity contribution < 1.29 is 15.0 Å². The molecule has 0 radical (unpaired) electrons. The summed E-state index contributed by atoms with van der Waals surface area (Å²) in [5, 5.41) is 24.0. The Hall–Kier alpha value is -3.87. The van der Waals surface area contributed by atoms with E-state index in [-0.39, 0.29) is 22.2 Å². The van der Waals surface area contributed by atoms with Crippen LogP contribution in [0.5, 0.6) is 5.88 Å². The molecule has 1 aliphatic heterocycles. The number of nitrogens with one attached hydrogen (secondary N) is 1. The number of rotatable bonds is 6. The SMILES string of the molecule is CCC1(O)CCN(c2cnc(Sc3cccc(NC(=O)c4c(O)nc5ccccn5c4=O)c3Cl)c(N)n2)CC1. The minimum Gasteiger partial charge on any atom is -0.493 e. The molecule has 1 fully saturated rings. The Morgan fingerprint density at radius 3 is 2.69 bits per heavy atom. The molecule has 4 heterocycles. The van der Waals surface area contributed by atoms with Crippen LogP contribution in [0.15, 0.2) is 63.5 Å². The molecule has 202 valence electrons. The maximum Gasteiger partial charge on any atom is 0.274 e. The third-order valence-electron chi connectivity index (χ3n) is 6.79. The second-order valence-electron chi connectivity index (χ2n) is 9.20. The molecule has 5 N–H and O–H groups in total. The highest BCUT2D eigenvalue weighted by Gasteiger charge is 2.31. The fourth-order valence-corrected chi connectivity index (χ4v) is 5.47. The van der Waals surface area contributed by atoms with Gasteiger partial charge in [0.1, 0.15) is 16.5 Å². The topological polar surface area (TPSA) is 159 Å². The molecule has 0 saturated carbocycles. The molecular formula is C26H26ClN7O4S. The first-order chi connectivity index (χ1) is 18.7. The van der Waals surface area contributed by atoms with Crippen molar-refractivity contribution in [2.24, 2.45) is 0 Å². The maximum absolute atomic E-state index is 13.0. The number of hydrogen-bond acceptors (Lipinski definition) is 10. The van der Waals surface area contributed by atoms with E-state index in [9.17, 15) is 19.8 Å². The zero-order chi connectivity index (χ0) is 27.7. The van der Waals surface area contributed by atoms with Crippen molar-refractivity contribution in [2.45, 2.75) is 41.7 Å². The summed E-state index contributed by atoms with van der Waals surface area (Å²) >= 11 is 7.77. The van der Waals surface area contributed by atoms with Crippen LogP contribution in [0.3, 0.4) is 0 Å². The van der Waals surface area contributed by atoms with E-state index in [0.717, 1.165) is 0 Å². The average molecular weight is 568 g/mol. The number of carbonyl (C=O) groups is 1. The first-order valence-electron chi connectivity index (χ1n) is 12.3. The number of nitrogen functional groups attached to an aromatic ring is 1. The molecule has 0 spiro atoms. The van der Waals surface area contributed by atoms with E-state index in [1.165, 1.54) is 22.4 Å². The maximum atomic E-state index is 13.0. The standard InChI is InChI=1S/C26H26ClN7O4S/c1-2-26(38)9-12-33(13-10-26)18-14-29-24(21(28)31-18)39-16-7-5-6-15(20(16)27)30-22(35)19-23(36)32-17-8-3-4-11-34(17)25(19)37/h3-8,11,14,36,38H,2,9-10,12-13H2,1H3,(H2,28,31)(H,30,35). The fourth-order valence-electron chi connectivity index (χ4n) is 4.37. The lowest BCUT2D eigenvalue weighted by molar-refractivity contribution is 0.0124. The third-order valence-corrected chi connectivity index (χ3v) is 8.38. The Labute approximate surface area is 232 Å². The van der Waals surface area contributed by atoms with Crippen molar-refractivity contribution in [3.63, 3.8) is 0 Å². The Morgan fingerprint density at radius 1 is 1.21 bits per heavy atom. The zero-order valence-corrected chi connectivity index (χ0v) is 22.5. The van der Waals surface area contributed by atoms with E-state index in [1.54, 1.807) is 42.6 Å². The Kier molecular flexibility index (Phi) is 7.34. The lowest BCUT2D eigenvalue weighted by atomic mass is 9.89. The molecule has 1 saturated heterocycles. The van der Waals surface area contributed by atoms with Crippen molar-refractivity contribution in [3.05, 3.63) is 69.7 Å². The van der Waals surface area contributed by atoms with Gasteiger partial charge in [-0.1, -0.05) is 42.4 Å². The molecule has 3 aromatic heterocycles. The minimum absolute atomic E-state index is 0.198. The van der Waals surface area contributed by atoms with Crippen LogP contribution in [0.2, 0.25) is 5.02 Å². The largest absolute Gasteiger partial charge is 0.493 e. The number of hydrogen-bond donors (Lipinski definition) is 4. The predicted molar refractivity (Wildman–Crippen MR) is 150 cm³/mol. The third kappa shape index (κ3) is 5.35. The van der Waals surface area contributed by atoms with Crippen molar-refractivity contribution in [1.29, 1.82) is 0 Å². The lowest BCUT2D eigenvalue weighted by Crippen LogP contribution is -2.44. The molecule has 0 aliphatic carbocycles. The van der Waals surface area contributed by atoms with Gasteiger partial charge in [-0.05, 0) is 43.5 Å². The molecule has 1 amide bonds. The van der Waals surface area contributed by atoms with Crippen molar-refractivity contribution in [1.82, 2.24) is 19.4 Å². The smallest absolute Gasteiger partial charge is 0.274 e. The molecule has 0 atom stereocenters. The number of carbonyl (C=O) groups excluding carboxylic acids is 1. The number of halogens is 1. The van der Waals surface area contributed by atoms with Gasteiger partial charge < -0.3 is 26.2 Å². The molecule has 1 aliphatic rings. The zero-order valence-electron chi connectivity index (χ0n) is 21.0. The number of aliphatic hydroxyl groups is 1. The number of fused-ring (bicyclic) bond motifs is 1. The number of aromatic nitrogens is 4. The Balaban J connectivity index is 1.34. The van der Waals surface area contributed by atoms with E-state index in [4.69, 9.17) is 17.3 Å². The molecule has 0 unspecified atom stereocenters. The number of anilines is 3. The van der Waals surface area contributed by atoms with E-state index < -0.39 is 28.5 Å². The quantitative estimate of drug-likeness (QED) is 0.271. The summed E-state index contributed by atoms with van der Waals surface area (Å²) in [4.78, 5) is 41.3. The van der Waals surface area contributed by atoms with E-state index >= 15 is 0 Å². The van der Waals surface area contributed by atoms with Gasteiger partial charge in [0.25, 0.3) is 11.5 Å². The molecule has 11 nitrogen and oxygen atoms in total.